The molecule has 1 aromatic rings. The van der Waals surface area contributed by atoms with Crippen LogP contribution < -0.4 is 5.73 Å². The third-order valence-electron chi connectivity index (χ3n) is 1.71. The number of hydrogen-bond donors (Lipinski definition) is 1. The molecule has 0 amide bonds. The van der Waals surface area contributed by atoms with E-state index in [0.29, 0.717) is 11.4 Å². The molecular weight excluding hydrogens is 150 g/mol. The van der Waals surface area contributed by atoms with Gasteiger partial charge in [0.05, 0.1) is 22.9 Å². The van der Waals surface area contributed by atoms with Crippen molar-refractivity contribution in [2.45, 2.75) is 19.3 Å². The van der Waals surface area contributed by atoms with E-state index in [4.69, 9.17) is 11.0 Å². The fourth-order valence-electron chi connectivity index (χ4n) is 0.993. The minimum Gasteiger partial charge on any atom is -0.397 e. The van der Waals surface area contributed by atoms with Crippen LogP contribution in [0.25, 0.3) is 0 Å². The molecule has 12 heavy (non-hydrogen) atoms. The molecule has 1 rings (SSSR count). The van der Waals surface area contributed by atoms with Crippen LogP contribution >= 0.6 is 0 Å². The lowest BCUT2D eigenvalue weighted by atomic mass is 9.90. The van der Waals surface area contributed by atoms with Crippen LogP contribution in [0, 0.1) is 11.3 Å². The van der Waals surface area contributed by atoms with Crippen molar-refractivity contribution in [2.75, 3.05) is 5.73 Å². The van der Waals surface area contributed by atoms with E-state index in [0.717, 1.165) is 0 Å². The van der Waals surface area contributed by atoms with Crippen LogP contribution in [-0.4, -0.2) is 4.98 Å². The van der Waals surface area contributed by atoms with Gasteiger partial charge in [0.15, 0.2) is 0 Å². The molecule has 62 valence electrons. The molecule has 0 atom stereocenters. The zero-order valence-electron chi connectivity index (χ0n) is 7.20. The molecule has 3 heteroatoms. The van der Waals surface area contributed by atoms with Crippen LogP contribution in [-0.2, 0) is 5.41 Å². The molecular formula is C9H11N3. The number of nitrogen functional groups attached to an aromatic ring is 1. The van der Waals surface area contributed by atoms with E-state index >= 15 is 0 Å². The molecule has 3 nitrogen and oxygen atoms in total. The van der Waals surface area contributed by atoms with Gasteiger partial charge in [-0.25, -0.2) is 0 Å². The molecule has 0 bridgehead atoms. The van der Waals surface area contributed by atoms with E-state index in [1.807, 2.05) is 0 Å². The van der Waals surface area contributed by atoms with Crippen LogP contribution in [0.2, 0.25) is 0 Å². The monoisotopic (exact) mass is 161 g/mol. The summed E-state index contributed by atoms with van der Waals surface area (Å²) < 4.78 is 0. The molecule has 0 fully saturated rings. The number of nitrogens with two attached hydrogens (primary N) is 1. The zero-order chi connectivity index (χ0) is 9.19. The second-order valence-electron chi connectivity index (χ2n) is 3.18. The van der Waals surface area contributed by atoms with Crippen molar-refractivity contribution in [3.05, 3.63) is 24.0 Å². The minimum absolute atomic E-state index is 0.573. The number of anilines is 1. The maximum Gasteiger partial charge on any atom is 0.0958 e. The predicted octanol–water partition coefficient (Wildman–Crippen LogP) is 1.46. The van der Waals surface area contributed by atoms with Gasteiger partial charge in [-0.15, -0.1) is 0 Å². The zero-order valence-corrected chi connectivity index (χ0v) is 7.20. The first kappa shape index (κ1) is 8.54. The average Bonchev–Trinajstić information content (AvgIpc) is 2.05. The van der Waals surface area contributed by atoms with Gasteiger partial charge < -0.3 is 5.73 Å². The summed E-state index contributed by atoms with van der Waals surface area (Å²) in [6, 6.07) is 5.66. The summed E-state index contributed by atoms with van der Waals surface area (Å²) in [6.45, 7) is 3.59. The molecule has 0 aliphatic carbocycles. The molecule has 0 saturated heterocycles. The fraction of sp³-hybridized carbons (Fsp3) is 0.333. The summed E-state index contributed by atoms with van der Waals surface area (Å²) in [7, 11) is 0. The minimum atomic E-state index is -0.606. The summed E-state index contributed by atoms with van der Waals surface area (Å²) in [5, 5.41) is 8.83. The Morgan fingerprint density at radius 3 is 2.75 bits per heavy atom. The second kappa shape index (κ2) is 2.82. The maximum atomic E-state index is 8.83. The van der Waals surface area contributed by atoms with Gasteiger partial charge in [-0.3, -0.25) is 4.98 Å². The van der Waals surface area contributed by atoms with Gasteiger partial charge in [-0.05, 0) is 26.0 Å². The highest BCUT2D eigenvalue weighted by Crippen LogP contribution is 2.24. The van der Waals surface area contributed by atoms with Gasteiger partial charge in [-0.1, -0.05) is 0 Å². The third kappa shape index (κ3) is 1.37. The fourth-order valence-corrected chi connectivity index (χ4v) is 0.993. The predicted molar refractivity (Wildman–Crippen MR) is 47.3 cm³/mol. The lowest BCUT2D eigenvalue weighted by Crippen LogP contribution is -2.17. The van der Waals surface area contributed by atoms with E-state index in [9.17, 15) is 0 Å². The van der Waals surface area contributed by atoms with Gasteiger partial charge in [0.2, 0.25) is 0 Å². The summed E-state index contributed by atoms with van der Waals surface area (Å²) >= 11 is 0. The van der Waals surface area contributed by atoms with Crippen molar-refractivity contribution in [1.29, 1.82) is 5.26 Å². The number of aromatic nitrogens is 1. The quantitative estimate of drug-likeness (QED) is 0.678. The van der Waals surface area contributed by atoms with E-state index in [1.165, 1.54) is 0 Å². The van der Waals surface area contributed by atoms with Gasteiger partial charge in [0.25, 0.3) is 0 Å². The summed E-state index contributed by atoms with van der Waals surface area (Å²) in [4.78, 5) is 4.07. The SMILES string of the molecule is CC(C)(C#N)c1ncccc1N. The molecule has 0 radical (unpaired) electrons. The summed E-state index contributed by atoms with van der Waals surface area (Å²) in [6.07, 6.45) is 1.64. The molecule has 1 heterocycles. The van der Waals surface area contributed by atoms with Gasteiger partial charge in [0, 0.05) is 6.20 Å². The van der Waals surface area contributed by atoms with E-state index in [-0.39, 0.29) is 0 Å². The van der Waals surface area contributed by atoms with Gasteiger partial charge in [-0.2, -0.15) is 5.26 Å². The maximum absolute atomic E-state index is 8.83. The molecule has 1 aromatic heterocycles. The Kier molecular flexibility index (Phi) is 2.01. The van der Waals surface area contributed by atoms with Gasteiger partial charge >= 0.3 is 0 Å². The first-order valence-electron chi connectivity index (χ1n) is 3.70. The van der Waals surface area contributed by atoms with Gasteiger partial charge in [0.1, 0.15) is 0 Å². The van der Waals surface area contributed by atoms with Crippen LogP contribution in [0.3, 0.4) is 0 Å². The molecule has 0 aliphatic heterocycles. The Morgan fingerprint density at radius 2 is 2.25 bits per heavy atom. The number of pyridine rings is 1. The van der Waals surface area contributed by atoms with Crippen molar-refractivity contribution < 1.29 is 0 Å². The number of nitrogens with zero attached hydrogens (tertiary/aromatic N) is 2. The van der Waals surface area contributed by atoms with Crippen molar-refractivity contribution in [2.24, 2.45) is 0 Å². The number of rotatable bonds is 1. The Morgan fingerprint density at radius 1 is 1.58 bits per heavy atom. The highest BCUT2D eigenvalue weighted by atomic mass is 14.8. The Labute approximate surface area is 71.8 Å². The first-order valence-corrected chi connectivity index (χ1v) is 3.70. The van der Waals surface area contributed by atoms with Crippen molar-refractivity contribution in [3.63, 3.8) is 0 Å². The average molecular weight is 161 g/mol. The summed E-state index contributed by atoms with van der Waals surface area (Å²) in [5.74, 6) is 0. The lowest BCUT2D eigenvalue weighted by Gasteiger charge is -2.15. The van der Waals surface area contributed by atoms with E-state index in [1.54, 1.807) is 32.2 Å². The normalized spacial score (nSPS) is 10.8. The summed E-state index contributed by atoms with van der Waals surface area (Å²) in [5.41, 5.74) is 6.28. The Hall–Kier alpha value is -1.56. The molecule has 2 N–H and O–H groups in total. The Bertz CT molecular complexity index is 323. The van der Waals surface area contributed by atoms with Crippen molar-refractivity contribution in [3.8, 4) is 6.07 Å². The molecule has 0 saturated carbocycles. The van der Waals surface area contributed by atoms with Crippen molar-refractivity contribution in [1.82, 2.24) is 4.98 Å². The molecule has 0 unspecified atom stereocenters. The largest absolute Gasteiger partial charge is 0.397 e. The molecule has 0 aliphatic rings. The van der Waals surface area contributed by atoms with E-state index < -0.39 is 5.41 Å². The molecule has 0 spiro atoms. The van der Waals surface area contributed by atoms with E-state index in [2.05, 4.69) is 11.1 Å². The van der Waals surface area contributed by atoms with Crippen LogP contribution in [0.4, 0.5) is 5.69 Å². The van der Waals surface area contributed by atoms with Crippen LogP contribution in [0.1, 0.15) is 19.5 Å². The highest BCUT2D eigenvalue weighted by Gasteiger charge is 2.23. The second-order valence-corrected chi connectivity index (χ2v) is 3.18. The number of nitriles is 1. The molecule has 0 aromatic carbocycles. The Balaban J connectivity index is 3.22. The van der Waals surface area contributed by atoms with Crippen LogP contribution in [0.15, 0.2) is 18.3 Å². The third-order valence-corrected chi connectivity index (χ3v) is 1.71. The highest BCUT2D eigenvalue weighted by molar-refractivity contribution is 5.48. The number of hydrogen-bond acceptors (Lipinski definition) is 3. The van der Waals surface area contributed by atoms with Crippen LogP contribution in [0.5, 0.6) is 0 Å². The smallest absolute Gasteiger partial charge is 0.0958 e. The first-order chi connectivity index (χ1) is 5.58. The standard InChI is InChI=1S/C9H11N3/c1-9(2,6-10)8-7(11)4-3-5-12-8/h3-5H,11H2,1-2H3. The lowest BCUT2D eigenvalue weighted by molar-refractivity contribution is 0.662. The van der Waals surface area contributed by atoms with Crippen molar-refractivity contribution >= 4 is 5.69 Å². The topological polar surface area (TPSA) is 62.7 Å².